The van der Waals surface area contributed by atoms with E-state index in [1.54, 1.807) is 13.8 Å². The number of carbonyl (C=O) groups excluding carboxylic acids is 2. The molecule has 0 aromatic carbocycles. The third-order valence-electron chi connectivity index (χ3n) is 3.52. The van der Waals surface area contributed by atoms with Crippen molar-refractivity contribution in [1.82, 2.24) is 10.2 Å². The monoisotopic (exact) mass is 260 g/mol. The zero-order valence-electron chi connectivity index (χ0n) is 10.5. The van der Waals surface area contributed by atoms with Crippen molar-refractivity contribution in [3.05, 3.63) is 0 Å². The number of hydrogen-bond donors (Lipinski definition) is 1. The standard InChI is InChI=1S/C12H18F2N2O2/c1-6(2)9-12(18)16(5-8(13)14)10(7-3-4-7)11(17)15-9/h6-10H,3-5H2,1-2H3,(H,15,17). The Morgan fingerprint density at radius 2 is 1.94 bits per heavy atom. The molecule has 2 fully saturated rings. The summed E-state index contributed by atoms with van der Waals surface area (Å²) in [5, 5.41) is 2.67. The molecule has 1 aliphatic heterocycles. The van der Waals surface area contributed by atoms with Gasteiger partial charge in [0.1, 0.15) is 12.1 Å². The molecule has 0 bridgehead atoms. The van der Waals surface area contributed by atoms with E-state index in [0.29, 0.717) is 0 Å². The van der Waals surface area contributed by atoms with Crippen LogP contribution in [0.3, 0.4) is 0 Å². The molecule has 1 N–H and O–H groups in total. The van der Waals surface area contributed by atoms with Crippen LogP contribution in [-0.2, 0) is 9.59 Å². The van der Waals surface area contributed by atoms with E-state index in [1.165, 1.54) is 0 Å². The van der Waals surface area contributed by atoms with Crippen LogP contribution < -0.4 is 5.32 Å². The molecule has 102 valence electrons. The molecule has 1 aliphatic carbocycles. The van der Waals surface area contributed by atoms with Crippen molar-refractivity contribution in [3.63, 3.8) is 0 Å². The van der Waals surface area contributed by atoms with Crippen molar-refractivity contribution in [2.45, 2.75) is 45.2 Å². The second kappa shape index (κ2) is 4.82. The summed E-state index contributed by atoms with van der Waals surface area (Å²) in [7, 11) is 0. The van der Waals surface area contributed by atoms with E-state index in [-0.39, 0.29) is 23.7 Å². The second-order valence-corrected chi connectivity index (χ2v) is 5.39. The molecular formula is C12H18F2N2O2. The largest absolute Gasteiger partial charge is 0.342 e. The summed E-state index contributed by atoms with van der Waals surface area (Å²) in [5.41, 5.74) is 0. The van der Waals surface area contributed by atoms with Crippen LogP contribution >= 0.6 is 0 Å². The Kier molecular flexibility index (Phi) is 3.54. The van der Waals surface area contributed by atoms with Gasteiger partial charge in [-0.3, -0.25) is 9.59 Å². The lowest BCUT2D eigenvalue weighted by Crippen LogP contribution is -2.66. The minimum atomic E-state index is -2.60. The average molecular weight is 260 g/mol. The molecular weight excluding hydrogens is 242 g/mol. The molecule has 0 spiro atoms. The predicted octanol–water partition coefficient (Wildman–Crippen LogP) is 1.01. The Labute approximate surface area is 105 Å². The molecule has 2 rings (SSSR count). The number of rotatable bonds is 4. The number of carbonyl (C=O) groups is 2. The first-order valence-electron chi connectivity index (χ1n) is 6.30. The van der Waals surface area contributed by atoms with E-state index in [1.807, 2.05) is 0 Å². The Balaban J connectivity index is 2.20. The van der Waals surface area contributed by atoms with Crippen LogP contribution in [0.4, 0.5) is 8.78 Å². The topological polar surface area (TPSA) is 49.4 Å². The maximum absolute atomic E-state index is 12.6. The van der Waals surface area contributed by atoms with Gasteiger partial charge < -0.3 is 10.2 Å². The van der Waals surface area contributed by atoms with E-state index >= 15 is 0 Å². The fourth-order valence-electron chi connectivity index (χ4n) is 2.44. The summed E-state index contributed by atoms with van der Waals surface area (Å²) >= 11 is 0. The zero-order chi connectivity index (χ0) is 13.4. The van der Waals surface area contributed by atoms with Crippen molar-refractivity contribution in [1.29, 1.82) is 0 Å². The molecule has 2 aliphatic rings. The van der Waals surface area contributed by atoms with Crippen LogP contribution in [0.25, 0.3) is 0 Å². The summed E-state index contributed by atoms with van der Waals surface area (Å²) in [6.07, 6.45) is -0.941. The van der Waals surface area contributed by atoms with E-state index in [2.05, 4.69) is 5.32 Å². The lowest BCUT2D eigenvalue weighted by atomic mass is 9.96. The molecule has 0 aromatic heterocycles. The quantitative estimate of drug-likeness (QED) is 0.820. The minimum Gasteiger partial charge on any atom is -0.342 e. The van der Waals surface area contributed by atoms with Gasteiger partial charge in [0.15, 0.2) is 0 Å². The first-order valence-corrected chi connectivity index (χ1v) is 6.30. The number of nitrogens with zero attached hydrogens (tertiary/aromatic N) is 1. The highest BCUT2D eigenvalue weighted by atomic mass is 19.3. The normalized spacial score (nSPS) is 29.1. The Morgan fingerprint density at radius 1 is 1.33 bits per heavy atom. The summed E-state index contributed by atoms with van der Waals surface area (Å²) in [6, 6.07) is -1.37. The fourth-order valence-corrected chi connectivity index (χ4v) is 2.44. The average Bonchev–Trinajstić information content (AvgIpc) is 3.06. The highest BCUT2D eigenvalue weighted by Crippen LogP contribution is 2.37. The van der Waals surface area contributed by atoms with E-state index in [9.17, 15) is 18.4 Å². The Hall–Kier alpha value is -1.20. The Morgan fingerprint density at radius 3 is 2.39 bits per heavy atom. The van der Waals surface area contributed by atoms with Gasteiger partial charge >= 0.3 is 0 Å². The summed E-state index contributed by atoms with van der Waals surface area (Å²) in [6.45, 7) is 2.94. The third-order valence-corrected chi connectivity index (χ3v) is 3.52. The zero-order valence-corrected chi connectivity index (χ0v) is 10.5. The molecule has 0 aromatic rings. The Bertz CT molecular complexity index is 356. The van der Waals surface area contributed by atoms with Crippen molar-refractivity contribution in [2.75, 3.05) is 6.54 Å². The van der Waals surface area contributed by atoms with Gasteiger partial charge in [-0.2, -0.15) is 0 Å². The first kappa shape index (κ1) is 13.2. The molecule has 0 radical (unpaired) electrons. The smallest absolute Gasteiger partial charge is 0.255 e. The molecule has 2 atom stereocenters. The van der Waals surface area contributed by atoms with Gasteiger partial charge in [0.25, 0.3) is 6.43 Å². The lowest BCUT2D eigenvalue weighted by molar-refractivity contribution is -0.153. The van der Waals surface area contributed by atoms with E-state index < -0.39 is 25.1 Å². The highest BCUT2D eigenvalue weighted by Gasteiger charge is 2.48. The maximum atomic E-state index is 12.6. The van der Waals surface area contributed by atoms with Crippen LogP contribution in [0.15, 0.2) is 0 Å². The highest BCUT2D eigenvalue weighted by molar-refractivity contribution is 5.97. The molecule has 1 heterocycles. The SMILES string of the molecule is CC(C)C1NC(=O)C(C2CC2)N(CC(F)F)C1=O. The van der Waals surface area contributed by atoms with E-state index in [4.69, 9.17) is 0 Å². The first-order chi connectivity index (χ1) is 8.41. The van der Waals surface area contributed by atoms with Gasteiger partial charge in [-0.1, -0.05) is 13.8 Å². The van der Waals surface area contributed by atoms with Crippen molar-refractivity contribution < 1.29 is 18.4 Å². The summed E-state index contributed by atoms with van der Waals surface area (Å²) in [5.74, 6) is -0.694. The van der Waals surface area contributed by atoms with Crippen LogP contribution in [0.1, 0.15) is 26.7 Å². The fraction of sp³-hybridized carbons (Fsp3) is 0.833. The van der Waals surface area contributed by atoms with Crippen LogP contribution in [0, 0.1) is 11.8 Å². The second-order valence-electron chi connectivity index (χ2n) is 5.39. The van der Waals surface area contributed by atoms with Gasteiger partial charge in [0, 0.05) is 0 Å². The molecule has 4 nitrogen and oxygen atoms in total. The third kappa shape index (κ3) is 2.47. The van der Waals surface area contributed by atoms with Crippen molar-refractivity contribution in [3.8, 4) is 0 Å². The number of halogens is 2. The van der Waals surface area contributed by atoms with Gasteiger partial charge in [-0.05, 0) is 24.7 Å². The number of amides is 2. The molecule has 1 saturated carbocycles. The van der Waals surface area contributed by atoms with Crippen LogP contribution in [0.2, 0.25) is 0 Å². The molecule has 2 amide bonds. The summed E-state index contributed by atoms with van der Waals surface area (Å²) < 4.78 is 25.2. The van der Waals surface area contributed by atoms with Gasteiger partial charge in [-0.25, -0.2) is 8.78 Å². The molecule has 1 saturated heterocycles. The lowest BCUT2D eigenvalue weighted by Gasteiger charge is -2.40. The number of alkyl halides is 2. The number of piperazine rings is 1. The maximum Gasteiger partial charge on any atom is 0.255 e. The van der Waals surface area contributed by atoms with Gasteiger partial charge in [0.2, 0.25) is 11.8 Å². The molecule has 18 heavy (non-hydrogen) atoms. The predicted molar refractivity (Wildman–Crippen MR) is 61.0 cm³/mol. The number of hydrogen-bond acceptors (Lipinski definition) is 2. The molecule has 6 heteroatoms. The van der Waals surface area contributed by atoms with Crippen molar-refractivity contribution >= 4 is 11.8 Å². The van der Waals surface area contributed by atoms with Gasteiger partial charge in [-0.15, -0.1) is 0 Å². The van der Waals surface area contributed by atoms with E-state index in [0.717, 1.165) is 17.7 Å². The van der Waals surface area contributed by atoms with Crippen LogP contribution in [0.5, 0.6) is 0 Å². The minimum absolute atomic E-state index is 0.0563. The number of nitrogens with one attached hydrogen (secondary N) is 1. The summed E-state index contributed by atoms with van der Waals surface area (Å²) in [4.78, 5) is 25.2. The van der Waals surface area contributed by atoms with Crippen LogP contribution in [-0.4, -0.2) is 41.8 Å². The molecule has 2 unspecified atom stereocenters. The van der Waals surface area contributed by atoms with Crippen molar-refractivity contribution in [2.24, 2.45) is 11.8 Å². The van der Waals surface area contributed by atoms with Gasteiger partial charge in [0.05, 0.1) is 6.54 Å².